The Balaban J connectivity index is 1.51. The summed E-state index contributed by atoms with van der Waals surface area (Å²) in [6, 6.07) is 2.37. The predicted molar refractivity (Wildman–Crippen MR) is 86.0 cm³/mol. The van der Waals surface area contributed by atoms with Crippen LogP contribution >= 0.6 is 11.3 Å². The van der Waals surface area contributed by atoms with E-state index >= 15 is 0 Å². The Morgan fingerprint density at radius 3 is 2.95 bits per heavy atom. The Morgan fingerprint density at radius 2 is 2.27 bits per heavy atom. The Labute approximate surface area is 134 Å². The zero-order valence-electron chi connectivity index (χ0n) is 12.7. The molecule has 0 bridgehead atoms. The fraction of sp³-hybridized carbons (Fsp3) is 0.625. The second-order valence-electron chi connectivity index (χ2n) is 6.85. The number of urea groups is 1. The second kappa shape index (κ2) is 4.98. The van der Waals surface area contributed by atoms with Gasteiger partial charge >= 0.3 is 6.03 Å². The molecular weight excluding hydrogens is 298 g/mol. The lowest BCUT2D eigenvalue weighted by atomic mass is 9.78. The van der Waals surface area contributed by atoms with E-state index < -0.39 is 0 Å². The number of amides is 3. The highest BCUT2D eigenvalue weighted by Gasteiger charge is 2.56. The van der Waals surface area contributed by atoms with Gasteiger partial charge in [0.2, 0.25) is 5.91 Å². The molecule has 1 saturated carbocycles. The molecule has 6 heteroatoms. The first-order valence-corrected chi connectivity index (χ1v) is 8.94. The Hall–Kier alpha value is -1.56. The summed E-state index contributed by atoms with van der Waals surface area (Å²) in [5.74, 6) is 0.411. The monoisotopic (exact) mass is 319 g/mol. The second-order valence-corrected chi connectivity index (χ2v) is 7.63. The fourth-order valence-electron chi connectivity index (χ4n) is 3.76. The van der Waals surface area contributed by atoms with E-state index in [0.29, 0.717) is 19.1 Å². The molecule has 1 N–H and O–H groups in total. The summed E-state index contributed by atoms with van der Waals surface area (Å²) in [6.45, 7) is 4.12. The predicted octanol–water partition coefficient (Wildman–Crippen LogP) is 2.29. The number of thiophene rings is 1. The van der Waals surface area contributed by atoms with Crippen LogP contribution in [0, 0.1) is 11.3 Å². The molecule has 22 heavy (non-hydrogen) atoms. The maximum Gasteiger partial charge on any atom is 0.317 e. The number of carbonyl (C=O) groups excluding carboxylic acids is 2. The van der Waals surface area contributed by atoms with Crippen LogP contribution in [0.2, 0.25) is 0 Å². The summed E-state index contributed by atoms with van der Waals surface area (Å²) in [5.41, 5.74) is 0.614. The lowest BCUT2D eigenvalue weighted by Gasteiger charge is -2.26. The summed E-state index contributed by atoms with van der Waals surface area (Å²) >= 11 is 1.61. The van der Waals surface area contributed by atoms with Crippen LogP contribution in [0.15, 0.2) is 16.8 Å². The average molecular weight is 319 g/mol. The van der Waals surface area contributed by atoms with E-state index in [1.54, 1.807) is 11.3 Å². The highest BCUT2D eigenvalue weighted by Crippen LogP contribution is 2.46. The van der Waals surface area contributed by atoms with Gasteiger partial charge in [0.05, 0.1) is 11.1 Å². The van der Waals surface area contributed by atoms with Gasteiger partial charge in [0.25, 0.3) is 0 Å². The first-order valence-electron chi connectivity index (χ1n) is 8.00. The van der Waals surface area contributed by atoms with E-state index in [2.05, 4.69) is 12.2 Å². The van der Waals surface area contributed by atoms with Crippen molar-refractivity contribution in [2.45, 2.75) is 32.2 Å². The number of hydrogen-bond donors (Lipinski definition) is 1. The molecule has 3 heterocycles. The number of hydrogen-bond acceptors (Lipinski definition) is 3. The van der Waals surface area contributed by atoms with Crippen molar-refractivity contribution < 1.29 is 9.59 Å². The summed E-state index contributed by atoms with van der Waals surface area (Å²) in [5, 5.41) is 7.06. The van der Waals surface area contributed by atoms with Gasteiger partial charge < -0.3 is 15.1 Å². The molecule has 2 saturated heterocycles. The van der Waals surface area contributed by atoms with Gasteiger partial charge in [-0.25, -0.2) is 4.79 Å². The van der Waals surface area contributed by atoms with E-state index in [9.17, 15) is 9.59 Å². The SMILES string of the molecule is C[C@@H]1CN(C(=O)NC2CC2)C[C@]12CCN(c1ccsc1)C2=O. The van der Waals surface area contributed by atoms with Gasteiger partial charge in [0.15, 0.2) is 0 Å². The minimum atomic E-state index is -0.386. The van der Waals surface area contributed by atoms with Gasteiger partial charge in [-0.05, 0) is 36.6 Å². The fourth-order valence-corrected chi connectivity index (χ4v) is 4.41. The van der Waals surface area contributed by atoms with Gasteiger partial charge in [0.1, 0.15) is 0 Å². The van der Waals surface area contributed by atoms with Crippen molar-refractivity contribution in [3.63, 3.8) is 0 Å². The Kier molecular flexibility index (Phi) is 3.18. The van der Waals surface area contributed by atoms with E-state index in [1.807, 2.05) is 26.6 Å². The number of carbonyl (C=O) groups is 2. The van der Waals surface area contributed by atoms with Crippen molar-refractivity contribution in [1.29, 1.82) is 0 Å². The molecule has 3 fully saturated rings. The molecule has 0 unspecified atom stereocenters. The zero-order chi connectivity index (χ0) is 15.3. The van der Waals surface area contributed by atoms with E-state index in [4.69, 9.17) is 0 Å². The minimum absolute atomic E-state index is 0.00742. The molecule has 118 valence electrons. The van der Waals surface area contributed by atoms with Gasteiger partial charge in [0, 0.05) is 31.1 Å². The lowest BCUT2D eigenvalue weighted by Crippen LogP contribution is -2.43. The average Bonchev–Trinajstić information content (AvgIpc) is 2.91. The maximum absolute atomic E-state index is 13.0. The number of rotatable bonds is 2. The third-order valence-corrected chi connectivity index (χ3v) is 6.04. The number of nitrogens with one attached hydrogen (secondary N) is 1. The van der Waals surface area contributed by atoms with Gasteiger partial charge in [-0.1, -0.05) is 6.92 Å². The van der Waals surface area contributed by atoms with Crippen LogP contribution in [0.1, 0.15) is 26.2 Å². The first-order chi connectivity index (χ1) is 10.6. The standard InChI is InChI=1S/C16H21N3O2S/c1-11-8-18(15(21)17-12-2-3-12)10-16(11)5-6-19(14(16)20)13-4-7-22-9-13/h4,7,9,11-12H,2-3,5-6,8,10H2,1H3,(H,17,21)/t11-,16-/m1/s1. The number of nitrogens with zero attached hydrogens (tertiary/aromatic N) is 2. The molecule has 5 nitrogen and oxygen atoms in total. The third-order valence-electron chi connectivity index (χ3n) is 5.37. The highest BCUT2D eigenvalue weighted by atomic mass is 32.1. The van der Waals surface area contributed by atoms with Crippen LogP contribution in [0.5, 0.6) is 0 Å². The van der Waals surface area contributed by atoms with E-state index in [-0.39, 0.29) is 23.3 Å². The molecule has 3 amide bonds. The van der Waals surface area contributed by atoms with E-state index in [1.165, 1.54) is 0 Å². The van der Waals surface area contributed by atoms with Gasteiger partial charge in [-0.2, -0.15) is 11.3 Å². The molecule has 1 spiro atoms. The molecule has 3 aliphatic rings. The smallest absolute Gasteiger partial charge is 0.317 e. The molecule has 2 aliphatic heterocycles. The minimum Gasteiger partial charge on any atom is -0.335 e. The zero-order valence-corrected chi connectivity index (χ0v) is 13.6. The molecular formula is C16H21N3O2S. The van der Waals surface area contributed by atoms with Crippen LogP contribution in [0.25, 0.3) is 0 Å². The topological polar surface area (TPSA) is 52.7 Å². The lowest BCUT2D eigenvalue weighted by molar-refractivity contribution is -0.126. The van der Waals surface area contributed by atoms with Crippen LogP contribution in [-0.4, -0.2) is 42.5 Å². The molecule has 0 aromatic carbocycles. The summed E-state index contributed by atoms with van der Waals surface area (Å²) < 4.78 is 0. The van der Waals surface area contributed by atoms with Crippen LogP contribution in [-0.2, 0) is 4.79 Å². The summed E-state index contributed by atoms with van der Waals surface area (Å²) in [7, 11) is 0. The first kappa shape index (κ1) is 14.1. The van der Waals surface area contributed by atoms with Crippen molar-refractivity contribution in [2.75, 3.05) is 24.5 Å². The van der Waals surface area contributed by atoms with E-state index in [0.717, 1.165) is 31.5 Å². The van der Waals surface area contributed by atoms with Crippen molar-refractivity contribution in [1.82, 2.24) is 10.2 Å². The van der Waals surface area contributed by atoms with Gasteiger partial charge in [-0.15, -0.1) is 0 Å². The van der Waals surface area contributed by atoms with Crippen molar-refractivity contribution in [2.24, 2.45) is 11.3 Å². The summed E-state index contributed by atoms with van der Waals surface area (Å²) in [4.78, 5) is 29.0. The van der Waals surface area contributed by atoms with Crippen molar-refractivity contribution in [3.8, 4) is 0 Å². The number of likely N-dealkylation sites (tertiary alicyclic amines) is 1. The Bertz CT molecular complexity index is 599. The molecule has 4 rings (SSSR count). The largest absolute Gasteiger partial charge is 0.335 e. The quantitative estimate of drug-likeness (QED) is 0.909. The van der Waals surface area contributed by atoms with Crippen LogP contribution in [0.4, 0.5) is 10.5 Å². The van der Waals surface area contributed by atoms with Crippen LogP contribution in [0.3, 0.4) is 0 Å². The molecule has 2 atom stereocenters. The Morgan fingerprint density at radius 1 is 1.45 bits per heavy atom. The summed E-state index contributed by atoms with van der Waals surface area (Å²) in [6.07, 6.45) is 3.02. The van der Waals surface area contributed by atoms with Crippen molar-refractivity contribution in [3.05, 3.63) is 16.8 Å². The van der Waals surface area contributed by atoms with Crippen LogP contribution < -0.4 is 10.2 Å². The van der Waals surface area contributed by atoms with Crippen molar-refractivity contribution >= 4 is 29.0 Å². The maximum atomic E-state index is 13.0. The molecule has 0 radical (unpaired) electrons. The number of anilines is 1. The molecule has 1 aliphatic carbocycles. The molecule has 1 aromatic heterocycles. The highest BCUT2D eigenvalue weighted by molar-refractivity contribution is 7.08. The molecule has 1 aromatic rings. The third kappa shape index (κ3) is 2.12. The van der Waals surface area contributed by atoms with Gasteiger partial charge in [-0.3, -0.25) is 4.79 Å². The normalized spacial score (nSPS) is 31.3.